The fourth-order valence-corrected chi connectivity index (χ4v) is 3.54. The Kier molecular flexibility index (Phi) is 8.41. The Morgan fingerprint density at radius 1 is 1.17 bits per heavy atom. The number of carbonyl (C=O) groups is 2. The van der Waals surface area contributed by atoms with Gasteiger partial charge in [-0.3, -0.25) is 9.59 Å². The number of anilines is 1. The fourth-order valence-electron chi connectivity index (χ4n) is 2.00. The van der Waals surface area contributed by atoms with Crippen molar-refractivity contribution in [3.63, 3.8) is 0 Å². The maximum Gasteiger partial charge on any atom is 0.243 e. The van der Waals surface area contributed by atoms with Crippen LogP contribution in [0, 0.1) is 6.92 Å². The summed E-state index contributed by atoms with van der Waals surface area (Å²) in [6.45, 7) is 3.61. The maximum absolute atomic E-state index is 11.8. The molecule has 0 aromatic heterocycles. The second-order valence-corrected chi connectivity index (χ2v) is 8.63. The Balaban J connectivity index is 2.40. The molecule has 0 saturated carbocycles. The second-order valence-electron chi connectivity index (χ2n) is 5.59. The molecular weight excluding hydrogens is 396 g/mol. The van der Waals surface area contributed by atoms with E-state index in [4.69, 9.17) is 0 Å². The first-order valence-corrected chi connectivity index (χ1v) is 10.4. The topological polar surface area (TPSA) is 92.3 Å². The molecule has 8 heteroatoms. The smallest absolute Gasteiger partial charge is 0.243 e. The lowest BCUT2D eigenvalue weighted by Gasteiger charge is -2.09. The van der Waals surface area contributed by atoms with E-state index >= 15 is 0 Å². The minimum Gasteiger partial charge on any atom is -0.346 e. The first-order valence-electron chi connectivity index (χ1n) is 7.76. The molecule has 2 N–H and O–H groups in total. The SMILES string of the molecule is CCCCCS(=O)(=O)CC(=O)NCC(=O)Nc1ccc(Br)c(C)c1. The predicted molar refractivity (Wildman–Crippen MR) is 98.7 cm³/mol. The number of amides is 2. The summed E-state index contributed by atoms with van der Waals surface area (Å²) in [5.74, 6) is -1.65. The van der Waals surface area contributed by atoms with Crippen molar-refractivity contribution in [1.29, 1.82) is 0 Å². The lowest BCUT2D eigenvalue weighted by atomic mass is 10.2. The van der Waals surface area contributed by atoms with Gasteiger partial charge >= 0.3 is 0 Å². The van der Waals surface area contributed by atoms with Crippen LogP contribution in [0.25, 0.3) is 0 Å². The number of hydrogen-bond acceptors (Lipinski definition) is 4. The first kappa shape index (κ1) is 20.6. The van der Waals surface area contributed by atoms with E-state index in [1.165, 1.54) is 0 Å². The van der Waals surface area contributed by atoms with Crippen LogP contribution in [0.2, 0.25) is 0 Å². The van der Waals surface area contributed by atoms with E-state index in [9.17, 15) is 18.0 Å². The van der Waals surface area contributed by atoms with E-state index in [1.807, 2.05) is 19.9 Å². The average molecular weight is 419 g/mol. The Bertz CT molecular complexity index is 689. The van der Waals surface area contributed by atoms with Crippen molar-refractivity contribution in [1.82, 2.24) is 5.32 Å². The van der Waals surface area contributed by atoms with Gasteiger partial charge in [0.1, 0.15) is 5.75 Å². The number of nitrogens with one attached hydrogen (secondary N) is 2. The van der Waals surface area contributed by atoms with Gasteiger partial charge in [0.15, 0.2) is 9.84 Å². The molecule has 2 amide bonds. The van der Waals surface area contributed by atoms with E-state index in [1.54, 1.807) is 12.1 Å². The van der Waals surface area contributed by atoms with E-state index < -0.39 is 27.4 Å². The molecule has 0 aliphatic heterocycles. The fraction of sp³-hybridized carbons (Fsp3) is 0.500. The summed E-state index contributed by atoms with van der Waals surface area (Å²) < 4.78 is 24.4. The van der Waals surface area contributed by atoms with Crippen LogP contribution < -0.4 is 10.6 Å². The zero-order valence-electron chi connectivity index (χ0n) is 13.9. The monoisotopic (exact) mass is 418 g/mol. The van der Waals surface area contributed by atoms with Crippen LogP contribution in [0.5, 0.6) is 0 Å². The highest BCUT2D eigenvalue weighted by atomic mass is 79.9. The molecule has 0 bridgehead atoms. The van der Waals surface area contributed by atoms with Gasteiger partial charge in [-0.25, -0.2) is 8.42 Å². The molecule has 0 heterocycles. The summed E-state index contributed by atoms with van der Waals surface area (Å²) in [6.07, 6.45) is 2.28. The molecule has 0 unspecified atom stereocenters. The highest BCUT2D eigenvalue weighted by molar-refractivity contribution is 9.10. The number of halogens is 1. The third-order valence-electron chi connectivity index (χ3n) is 3.30. The lowest BCUT2D eigenvalue weighted by molar-refractivity contribution is -0.122. The van der Waals surface area contributed by atoms with Crippen molar-refractivity contribution < 1.29 is 18.0 Å². The minimum absolute atomic E-state index is 0.00136. The quantitative estimate of drug-likeness (QED) is 0.602. The van der Waals surface area contributed by atoms with Crippen LogP contribution in [-0.4, -0.2) is 38.3 Å². The lowest BCUT2D eigenvalue weighted by Crippen LogP contribution is -2.37. The van der Waals surface area contributed by atoms with Crippen molar-refractivity contribution in [3.8, 4) is 0 Å². The summed E-state index contributed by atoms with van der Waals surface area (Å²) in [5.41, 5.74) is 1.58. The van der Waals surface area contributed by atoms with Crippen LogP contribution in [0.1, 0.15) is 31.7 Å². The molecule has 0 atom stereocenters. The van der Waals surface area contributed by atoms with Crippen LogP contribution in [0.3, 0.4) is 0 Å². The Morgan fingerprint density at radius 3 is 2.50 bits per heavy atom. The van der Waals surface area contributed by atoms with Crippen molar-refractivity contribution in [2.75, 3.05) is 23.4 Å². The van der Waals surface area contributed by atoms with Gasteiger partial charge in [0.25, 0.3) is 0 Å². The number of rotatable bonds is 9. The average Bonchev–Trinajstić information content (AvgIpc) is 2.48. The number of aryl methyl sites for hydroxylation is 1. The largest absolute Gasteiger partial charge is 0.346 e. The predicted octanol–water partition coefficient (Wildman–Crippen LogP) is 2.42. The van der Waals surface area contributed by atoms with Gasteiger partial charge in [0.05, 0.1) is 12.3 Å². The van der Waals surface area contributed by atoms with E-state index in [0.717, 1.165) is 22.9 Å². The minimum atomic E-state index is -3.42. The maximum atomic E-state index is 11.8. The molecule has 0 spiro atoms. The zero-order chi connectivity index (χ0) is 18.2. The van der Waals surface area contributed by atoms with E-state index in [2.05, 4.69) is 26.6 Å². The Labute approximate surface area is 151 Å². The normalized spacial score (nSPS) is 11.1. The number of unbranched alkanes of at least 4 members (excludes halogenated alkanes) is 2. The van der Waals surface area contributed by atoms with Crippen molar-refractivity contribution in [2.45, 2.75) is 33.1 Å². The summed E-state index contributed by atoms with van der Waals surface area (Å²) in [6, 6.07) is 5.34. The number of hydrogen-bond donors (Lipinski definition) is 2. The van der Waals surface area contributed by atoms with Gasteiger partial charge < -0.3 is 10.6 Å². The number of carbonyl (C=O) groups excluding carboxylic acids is 2. The van der Waals surface area contributed by atoms with Crippen LogP contribution in [0.15, 0.2) is 22.7 Å². The summed E-state index contributed by atoms with van der Waals surface area (Å²) in [4.78, 5) is 23.5. The third-order valence-corrected chi connectivity index (χ3v) is 5.80. The highest BCUT2D eigenvalue weighted by Crippen LogP contribution is 2.19. The summed E-state index contributed by atoms with van der Waals surface area (Å²) in [7, 11) is -3.42. The second kappa shape index (κ2) is 9.78. The van der Waals surface area contributed by atoms with Gasteiger partial charge in [-0.15, -0.1) is 0 Å². The van der Waals surface area contributed by atoms with Crippen LogP contribution in [-0.2, 0) is 19.4 Å². The van der Waals surface area contributed by atoms with Gasteiger partial charge in [0, 0.05) is 10.2 Å². The van der Waals surface area contributed by atoms with Crippen molar-refractivity contribution in [3.05, 3.63) is 28.2 Å². The molecule has 0 radical (unpaired) electrons. The van der Waals surface area contributed by atoms with Gasteiger partial charge in [0.2, 0.25) is 11.8 Å². The molecule has 6 nitrogen and oxygen atoms in total. The molecule has 1 rings (SSSR count). The Hall–Kier alpha value is -1.41. The van der Waals surface area contributed by atoms with E-state index in [-0.39, 0.29) is 12.3 Å². The zero-order valence-corrected chi connectivity index (χ0v) is 16.3. The molecular formula is C16H23BrN2O4S. The number of benzene rings is 1. The van der Waals surface area contributed by atoms with Gasteiger partial charge in [-0.1, -0.05) is 35.7 Å². The van der Waals surface area contributed by atoms with Gasteiger partial charge in [-0.05, 0) is 37.1 Å². The molecule has 0 aliphatic rings. The molecule has 1 aromatic rings. The highest BCUT2D eigenvalue weighted by Gasteiger charge is 2.16. The van der Waals surface area contributed by atoms with E-state index in [0.29, 0.717) is 12.1 Å². The molecule has 0 fully saturated rings. The van der Waals surface area contributed by atoms with Gasteiger partial charge in [-0.2, -0.15) is 0 Å². The number of sulfone groups is 1. The standard InChI is InChI=1S/C16H23BrN2O4S/c1-3-4-5-8-24(22,23)11-16(21)18-10-15(20)19-13-6-7-14(17)12(2)9-13/h6-7,9H,3-5,8,10-11H2,1-2H3,(H,18,21)(H,19,20). The Morgan fingerprint density at radius 2 is 1.88 bits per heavy atom. The summed E-state index contributed by atoms with van der Waals surface area (Å²) >= 11 is 3.37. The molecule has 0 aliphatic carbocycles. The molecule has 0 saturated heterocycles. The summed E-state index contributed by atoms with van der Waals surface area (Å²) in [5, 5.41) is 4.98. The van der Waals surface area contributed by atoms with Crippen molar-refractivity contribution in [2.24, 2.45) is 0 Å². The molecule has 134 valence electrons. The van der Waals surface area contributed by atoms with Crippen LogP contribution in [0.4, 0.5) is 5.69 Å². The molecule has 24 heavy (non-hydrogen) atoms. The molecule has 1 aromatic carbocycles. The van der Waals surface area contributed by atoms with Crippen LogP contribution >= 0.6 is 15.9 Å². The van der Waals surface area contributed by atoms with Crippen molar-refractivity contribution >= 4 is 43.3 Å². The first-order chi connectivity index (χ1) is 11.2. The third kappa shape index (κ3) is 7.92.